The minimum atomic E-state index is -0.201. The summed E-state index contributed by atoms with van der Waals surface area (Å²) in [6.45, 7) is 3.99. The molecule has 0 aliphatic rings. The molecule has 1 aromatic heterocycles. The number of carbonyl (C=O) groups excluding carboxylic acids is 1. The smallest absolute Gasteiger partial charge is 0.293 e. The van der Waals surface area contributed by atoms with E-state index in [0.717, 1.165) is 18.7 Å². The van der Waals surface area contributed by atoms with Crippen molar-refractivity contribution in [3.05, 3.63) is 11.6 Å². The van der Waals surface area contributed by atoms with Gasteiger partial charge in [0.05, 0.1) is 13.2 Å². The van der Waals surface area contributed by atoms with Gasteiger partial charge in [0.15, 0.2) is 0 Å². The number of methoxy groups -OCH3 is 2. The summed E-state index contributed by atoms with van der Waals surface area (Å²) in [6.07, 6.45) is 1.75. The van der Waals surface area contributed by atoms with Crippen LogP contribution in [0.3, 0.4) is 0 Å². The molecule has 0 fully saturated rings. The van der Waals surface area contributed by atoms with E-state index in [9.17, 15) is 4.79 Å². The molecule has 7 heteroatoms. The van der Waals surface area contributed by atoms with Gasteiger partial charge in [-0.15, -0.1) is 5.10 Å². The van der Waals surface area contributed by atoms with E-state index >= 15 is 0 Å². The molecule has 7 nitrogen and oxygen atoms in total. The highest BCUT2D eigenvalue weighted by Gasteiger charge is 2.19. The molecule has 1 amide bonds. The lowest BCUT2D eigenvalue weighted by atomic mass is 10.3. The van der Waals surface area contributed by atoms with Crippen LogP contribution in [0.1, 0.15) is 29.8 Å². The van der Waals surface area contributed by atoms with Gasteiger partial charge < -0.3 is 14.4 Å². The van der Waals surface area contributed by atoms with Gasteiger partial charge in [-0.1, -0.05) is 6.92 Å². The molecule has 0 spiro atoms. The van der Waals surface area contributed by atoms with E-state index in [1.165, 1.54) is 0 Å². The molecular formula is C12H22N4O3. The number of hydrogen-bond donors (Lipinski definition) is 1. The van der Waals surface area contributed by atoms with Crippen LogP contribution in [-0.2, 0) is 15.9 Å². The zero-order chi connectivity index (χ0) is 14.1. The third kappa shape index (κ3) is 4.96. The van der Waals surface area contributed by atoms with Crippen molar-refractivity contribution in [1.82, 2.24) is 20.1 Å². The molecule has 1 N–H and O–H groups in total. The average molecular weight is 270 g/mol. The van der Waals surface area contributed by atoms with Crippen molar-refractivity contribution in [2.45, 2.75) is 19.8 Å². The van der Waals surface area contributed by atoms with Crippen LogP contribution in [0.5, 0.6) is 0 Å². The van der Waals surface area contributed by atoms with Crippen LogP contribution in [0.15, 0.2) is 0 Å². The SMILES string of the molecule is CCCc1nc(C(=O)N(CCOC)CCOC)n[nH]1. The fourth-order valence-corrected chi connectivity index (χ4v) is 1.60. The Bertz CT molecular complexity index is 373. The molecule has 0 bridgehead atoms. The third-order valence-corrected chi connectivity index (χ3v) is 2.63. The Morgan fingerprint density at radius 2 is 1.89 bits per heavy atom. The topological polar surface area (TPSA) is 80.3 Å². The molecular weight excluding hydrogens is 248 g/mol. The zero-order valence-electron chi connectivity index (χ0n) is 11.8. The van der Waals surface area contributed by atoms with Crippen molar-refractivity contribution in [2.24, 2.45) is 0 Å². The summed E-state index contributed by atoms with van der Waals surface area (Å²) < 4.78 is 10.00. The van der Waals surface area contributed by atoms with Gasteiger partial charge in [0.2, 0.25) is 5.82 Å². The van der Waals surface area contributed by atoms with Crippen LogP contribution >= 0.6 is 0 Å². The maximum absolute atomic E-state index is 12.2. The van der Waals surface area contributed by atoms with Crippen LogP contribution in [0.2, 0.25) is 0 Å². The van der Waals surface area contributed by atoms with Crippen LogP contribution < -0.4 is 0 Å². The van der Waals surface area contributed by atoms with Gasteiger partial charge in [-0.25, -0.2) is 4.98 Å². The number of aromatic nitrogens is 3. The molecule has 0 radical (unpaired) electrons. The van der Waals surface area contributed by atoms with Gasteiger partial charge in [-0.05, 0) is 6.42 Å². The van der Waals surface area contributed by atoms with Crippen molar-refractivity contribution < 1.29 is 14.3 Å². The molecule has 108 valence electrons. The Morgan fingerprint density at radius 3 is 2.42 bits per heavy atom. The van der Waals surface area contributed by atoms with Crippen LogP contribution in [0, 0.1) is 0 Å². The average Bonchev–Trinajstić information content (AvgIpc) is 2.87. The molecule has 0 unspecified atom stereocenters. The number of H-pyrrole nitrogens is 1. The van der Waals surface area contributed by atoms with E-state index in [-0.39, 0.29) is 11.7 Å². The summed E-state index contributed by atoms with van der Waals surface area (Å²) in [7, 11) is 3.20. The van der Waals surface area contributed by atoms with Crippen molar-refractivity contribution in [3.63, 3.8) is 0 Å². The number of carbonyl (C=O) groups is 1. The van der Waals surface area contributed by atoms with Crippen LogP contribution in [0.4, 0.5) is 0 Å². The largest absolute Gasteiger partial charge is 0.383 e. The first-order valence-electron chi connectivity index (χ1n) is 6.41. The fraction of sp³-hybridized carbons (Fsp3) is 0.750. The highest BCUT2D eigenvalue weighted by Crippen LogP contribution is 2.02. The maximum atomic E-state index is 12.2. The zero-order valence-corrected chi connectivity index (χ0v) is 11.8. The predicted octanol–water partition coefficient (Wildman–Crippen LogP) is 0.492. The first-order chi connectivity index (χ1) is 9.22. The van der Waals surface area contributed by atoms with Crippen LogP contribution in [0.25, 0.3) is 0 Å². The maximum Gasteiger partial charge on any atom is 0.293 e. The van der Waals surface area contributed by atoms with Gasteiger partial charge in [0, 0.05) is 33.7 Å². The molecule has 1 rings (SSSR count). The summed E-state index contributed by atoms with van der Waals surface area (Å²) in [5.41, 5.74) is 0. The predicted molar refractivity (Wildman–Crippen MR) is 70.0 cm³/mol. The molecule has 1 aromatic rings. The van der Waals surface area contributed by atoms with Gasteiger partial charge in [0.1, 0.15) is 5.82 Å². The van der Waals surface area contributed by atoms with E-state index in [1.54, 1.807) is 19.1 Å². The third-order valence-electron chi connectivity index (χ3n) is 2.63. The Labute approximate surface area is 113 Å². The Hall–Kier alpha value is -1.47. The first kappa shape index (κ1) is 15.6. The molecule has 0 aliphatic carbocycles. The van der Waals surface area contributed by atoms with Gasteiger partial charge >= 0.3 is 0 Å². The standard InChI is InChI=1S/C12H22N4O3/c1-4-5-10-13-11(15-14-10)12(17)16(6-8-18-2)7-9-19-3/h4-9H2,1-3H3,(H,13,14,15). The van der Waals surface area contributed by atoms with E-state index in [4.69, 9.17) is 9.47 Å². The minimum absolute atomic E-state index is 0.201. The van der Waals surface area contributed by atoms with Crippen molar-refractivity contribution >= 4 is 5.91 Å². The Morgan fingerprint density at radius 1 is 1.26 bits per heavy atom. The highest BCUT2D eigenvalue weighted by atomic mass is 16.5. The van der Waals surface area contributed by atoms with E-state index in [1.807, 2.05) is 6.92 Å². The fourth-order valence-electron chi connectivity index (χ4n) is 1.60. The summed E-state index contributed by atoms with van der Waals surface area (Å²) in [6, 6.07) is 0. The molecule has 0 aliphatic heterocycles. The number of rotatable bonds is 9. The second-order valence-electron chi connectivity index (χ2n) is 4.13. The summed E-state index contributed by atoms with van der Waals surface area (Å²) in [4.78, 5) is 18.1. The summed E-state index contributed by atoms with van der Waals surface area (Å²) >= 11 is 0. The monoisotopic (exact) mass is 270 g/mol. The molecule has 19 heavy (non-hydrogen) atoms. The van der Waals surface area contributed by atoms with Crippen molar-refractivity contribution in [2.75, 3.05) is 40.5 Å². The number of nitrogens with zero attached hydrogens (tertiary/aromatic N) is 3. The van der Waals surface area contributed by atoms with Crippen molar-refractivity contribution in [3.8, 4) is 0 Å². The molecule has 0 atom stereocenters. The minimum Gasteiger partial charge on any atom is -0.383 e. The normalized spacial score (nSPS) is 10.7. The number of ether oxygens (including phenoxy) is 2. The number of nitrogens with one attached hydrogen (secondary N) is 1. The Balaban J connectivity index is 2.66. The first-order valence-corrected chi connectivity index (χ1v) is 6.41. The van der Waals surface area contributed by atoms with Gasteiger partial charge in [-0.2, -0.15) is 0 Å². The lowest BCUT2D eigenvalue weighted by Crippen LogP contribution is -2.37. The van der Waals surface area contributed by atoms with Gasteiger partial charge in [0.25, 0.3) is 5.91 Å². The lowest BCUT2D eigenvalue weighted by molar-refractivity contribution is 0.0616. The van der Waals surface area contributed by atoms with E-state index in [2.05, 4.69) is 15.2 Å². The van der Waals surface area contributed by atoms with E-state index in [0.29, 0.717) is 26.3 Å². The molecule has 0 saturated heterocycles. The molecule has 0 aromatic carbocycles. The van der Waals surface area contributed by atoms with E-state index < -0.39 is 0 Å². The van der Waals surface area contributed by atoms with Crippen molar-refractivity contribution in [1.29, 1.82) is 0 Å². The molecule has 0 saturated carbocycles. The van der Waals surface area contributed by atoms with Crippen LogP contribution in [-0.4, -0.2) is 66.5 Å². The number of aromatic amines is 1. The number of hydrogen-bond acceptors (Lipinski definition) is 5. The summed E-state index contributed by atoms with van der Waals surface area (Å²) in [5, 5.41) is 6.75. The van der Waals surface area contributed by atoms with Gasteiger partial charge in [-0.3, -0.25) is 9.89 Å². The second kappa shape index (κ2) is 8.60. The highest BCUT2D eigenvalue weighted by molar-refractivity contribution is 5.90. The number of amides is 1. The Kier molecular flexibility index (Phi) is 7.06. The second-order valence-corrected chi connectivity index (χ2v) is 4.13. The lowest BCUT2D eigenvalue weighted by Gasteiger charge is -2.20. The summed E-state index contributed by atoms with van der Waals surface area (Å²) in [5.74, 6) is 0.743. The number of aryl methyl sites for hydroxylation is 1. The quantitative estimate of drug-likeness (QED) is 0.706. The molecule has 1 heterocycles.